The zero-order valence-electron chi connectivity index (χ0n) is 13.8. The van der Waals surface area contributed by atoms with Gasteiger partial charge in [-0.05, 0) is 62.2 Å². The van der Waals surface area contributed by atoms with E-state index in [2.05, 4.69) is 49.2 Å². The predicted octanol–water partition coefficient (Wildman–Crippen LogP) is 3.39. The van der Waals surface area contributed by atoms with Crippen LogP contribution in [0.3, 0.4) is 0 Å². The second-order valence-electron chi connectivity index (χ2n) is 5.78. The Hall–Kier alpha value is -1.06. The smallest absolute Gasteiger partial charge is 0.119 e. The maximum atomic E-state index is 5.92. The van der Waals surface area contributed by atoms with Gasteiger partial charge in [0.1, 0.15) is 12.4 Å². The zero-order valence-corrected chi connectivity index (χ0v) is 13.8. The van der Waals surface area contributed by atoms with Crippen LogP contribution in [0.1, 0.15) is 50.8 Å². The summed E-state index contributed by atoms with van der Waals surface area (Å²) >= 11 is 0. The standard InChI is InChI=1S/C18H30N2O/c1-4-11-19-18-10-7-15-14-16(8-9-17(15)18)21-13-12-20(5-2)6-3/h8-9,14,18-19H,4-7,10-13H2,1-3H3. The highest BCUT2D eigenvalue weighted by atomic mass is 16.5. The van der Waals surface area contributed by atoms with E-state index in [1.165, 1.54) is 30.4 Å². The Labute approximate surface area is 129 Å². The van der Waals surface area contributed by atoms with Crippen molar-refractivity contribution in [2.24, 2.45) is 0 Å². The lowest BCUT2D eigenvalue weighted by atomic mass is 10.1. The van der Waals surface area contributed by atoms with Gasteiger partial charge in [0.25, 0.3) is 0 Å². The quantitative estimate of drug-likeness (QED) is 0.754. The van der Waals surface area contributed by atoms with E-state index in [4.69, 9.17) is 4.74 Å². The van der Waals surface area contributed by atoms with Crippen molar-refractivity contribution in [2.45, 2.75) is 46.1 Å². The molecule has 0 saturated carbocycles. The summed E-state index contributed by atoms with van der Waals surface area (Å²) in [6.45, 7) is 11.7. The van der Waals surface area contributed by atoms with E-state index < -0.39 is 0 Å². The highest BCUT2D eigenvalue weighted by molar-refractivity contribution is 5.40. The van der Waals surface area contributed by atoms with Crippen molar-refractivity contribution in [3.8, 4) is 5.75 Å². The lowest BCUT2D eigenvalue weighted by molar-refractivity contribution is 0.222. The number of likely N-dealkylation sites (N-methyl/N-ethyl adjacent to an activating group) is 1. The minimum Gasteiger partial charge on any atom is -0.492 e. The first-order valence-corrected chi connectivity index (χ1v) is 8.49. The first kappa shape index (κ1) is 16.3. The average molecular weight is 290 g/mol. The number of hydrogen-bond donors (Lipinski definition) is 1. The first-order valence-electron chi connectivity index (χ1n) is 8.49. The molecular weight excluding hydrogens is 260 g/mol. The van der Waals surface area contributed by atoms with E-state index >= 15 is 0 Å². The monoisotopic (exact) mass is 290 g/mol. The molecule has 1 aliphatic rings. The molecule has 0 saturated heterocycles. The summed E-state index contributed by atoms with van der Waals surface area (Å²) in [6, 6.07) is 7.17. The van der Waals surface area contributed by atoms with Crippen molar-refractivity contribution in [1.82, 2.24) is 10.2 Å². The van der Waals surface area contributed by atoms with Gasteiger partial charge in [-0.25, -0.2) is 0 Å². The molecule has 0 amide bonds. The van der Waals surface area contributed by atoms with Gasteiger partial charge in [0.15, 0.2) is 0 Å². The Morgan fingerprint density at radius 1 is 1.24 bits per heavy atom. The van der Waals surface area contributed by atoms with E-state index in [-0.39, 0.29) is 0 Å². The van der Waals surface area contributed by atoms with Crippen molar-refractivity contribution < 1.29 is 4.74 Å². The molecule has 3 heteroatoms. The molecular formula is C18H30N2O. The van der Waals surface area contributed by atoms with Crippen LogP contribution in [-0.4, -0.2) is 37.7 Å². The Bertz CT molecular complexity index is 429. The van der Waals surface area contributed by atoms with Crippen LogP contribution in [0.15, 0.2) is 18.2 Å². The summed E-state index contributed by atoms with van der Waals surface area (Å²) in [5, 5.41) is 3.63. The fourth-order valence-corrected chi connectivity index (χ4v) is 3.05. The van der Waals surface area contributed by atoms with E-state index in [0.717, 1.165) is 38.5 Å². The van der Waals surface area contributed by atoms with Crippen LogP contribution in [0.4, 0.5) is 0 Å². The molecule has 1 aliphatic carbocycles. The van der Waals surface area contributed by atoms with Crippen LogP contribution < -0.4 is 10.1 Å². The van der Waals surface area contributed by atoms with E-state index in [0.29, 0.717) is 6.04 Å². The second-order valence-corrected chi connectivity index (χ2v) is 5.78. The fourth-order valence-electron chi connectivity index (χ4n) is 3.05. The Kier molecular flexibility index (Phi) is 6.52. The average Bonchev–Trinajstić information content (AvgIpc) is 2.92. The van der Waals surface area contributed by atoms with Gasteiger partial charge in [-0.15, -0.1) is 0 Å². The molecule has 1 N–H and O–H groups in total. The van der Waals surface area contributed by atoms with Gasteiger partial charge in [-0.3, -0.25) is 0 Å². The van der Waals surface area contributed by atoms with Crippen molar-refractivity contribution in [3.63, 3.8) is 0 Å². The van der Waals surface area contributed by atoms with Crippen molar-refractivity contribution in [2.75, 3.05) is 32.8 Å². The third kappa shape index (κ3) is 4.45. The normalized spacial score (nSPS) is 17.2. The maximum absolute atomic E-state index is 5.92. The molecule has 0 bridgehead atoms. The van der Waals surface area contributed by atoms with Crippen molar-refractivity contribution in [3.05, 3.63) is 29.3 Å². The van der Waals surface area contributed by atoms with Crippen LogP contribution in [0.5, 0.6) is 5.75 Å². The lowest BCUT2D eigenvalue weighted by Crippen LogP contribution is -2.27. The van der Waals surface area contributed by atoms with Crippen LogP contribution in [0.25, 0.3) is 0 Å². The third-order valence-electron chi connectivity index (χ3n) is 4.40. The van der Waals surface area contributed by atoms with E-state index in [1.807, 2.05) is 0 Å². The number of ether oxygens (including phenoxy) is 1. The number of benzene rings is 1. The topological polar surface area (TPSA) is 24.5 Å². The lowest BCUT2D eigenvalue weighted by Gasteiger charge is -2.18. The number of aryl methyl sites for hydroxylation is 1. The van der Waals surface area contributed by atoms with E-state index in [1.54, 1.807) is 0 Å². The number of nitrogens with zero attached hydrogens (tertiary/aromatic N) is 1. The summed E-state index contributed by atoms with van der Waals surface area (Å²) in [5.74, 6) is 1.03. The molecule has 0 fully saturated rings. The molecule has 2 rings (SSSR count). The minimum absolute atomic E-state index is 0.546. The predicted molar refractivity (Wildman–Crippen MR) is 89.1 cm³/mol. The van der Waals surface area contributed by atoms with Crippen molar-refractivity contribution in [1.29, 1.82) is 0 Å². The Balaban J connectivity index is 1.87. The van der Waals surface area contributed by atoms with Gasteiger partial charge in [0, 0.05) is 12.6 Å². The fraction of sp³-hybridized carbons (Fsp3) is 0.667. The number of rotatable bonds is 9. The zero-order chi connectivity index (χ0) is 15.1. The Morgan fingerprint density at radius 3 is 2.76 bits per heavy atom. The highest BCUT2D eigenvalue weighted by Gasteiger charge is 2.21. The third-order valence-corrected chi connectivity index (χ3v) is 4.40. The molecule has 0 heterocycles. The molecule has 21 heavy (non-hydrogen) atoms. The first-order chi connectivity index (χ1) is 10.3. The Morgan fingerprint density at radius 2 is 2.05 bits per heavy atom. The maximum Gasteiger partial charge on any atom is 0.119 e. The highest BCUT2D eigenvalue weighted by Crippen LogP contribution is 2.33. The van der Waals surface area contributed by atoms with Gasteiger partial charge in [-0.2, -0.15) is 0 Å². The molecule has 1 aromatic carbocycles. The van der Waals surface area contributed by atoms with Gasteiger partial charge in [-0.1, -0.05) is 26.8 Å². The molecule has 0 radical (unpaired) electrons. The van der Waals surface area contributed by atoms with Crippen LogP contribution in [0.2, 0.25) is 0 Å². The number of hydrogen-bond acceptors (Lipinski definition) is 3. The second kappa shape index (κ2) is 8.40. The number of fused-ring (bicyclic) bond motifs is 1. The number of nitrogens with one attached hydrogen (secondary N) is 1. The van der Waals surface area contributed by atoms with Gasteiger partial charge in [0.2, 0.25) is 0 Å². The van der Waals surface area contributed by atoms with Crippen LogP contribution >= 0.6 is 0 Å². The molecule has 1 atom stereocenters. The van der Waals surface area contributed by atoms with Gasteiger partial charge in [0.05, 0.1) is 0 Å². The SMILES string of the molecule is CCCNC1CCc2cc(OCCN(CC)CC)ccc21. The minimum atomic E-state index is 0.546. The van der Waals surface area contributed by atoms with Crippen LogP contribution in [-0.2, 0) is 6.42 Å². The molecule has 1 unspecified atom stereocenters. The summed E-state index contributed by atoms with van der Waals surface area (Å²) < 4.78 is 5.92. The molecule has 0 aromatic heterocycles. The summed E-state index contributed by atoms with van der Waals surface area (Å²) in [4.78, 5) is 2.39. The molecule has 3 nitrogen and oxygen atoms in total. The summed E-state index contributed by atoms with van der Waals surface area (Å²) in [5.41, 5.74) is 2.93. The molecule has 0 aliphatic heterocycles. The van der Waals surface area contributed by atoms with E-state index in [9.17, 15) is 0 Å². The largest absolute Gasteiger partial charge is 0.492 e. The van der Waals surface area contributed by atoms with Crippen molar-refractivity contribution >= 4 is 0 Å². The molecule has 1 aromatic rings. The molecule has 0 spiro atoms. The van der Waals surface area contributed by atoms with Crippen LogP contribution in [0, 0.1) is 0 Å². The molecule has 118 valence electrons. The summed E-state index contributed by atoms with van der Waals surface area (Å²) in [7, 11) is 0. The van der Waals surface area contributed by atoms with Gasteiger partial charge >= 0.3 is 0 Å². The summed E-state index contributed by atoms with van der Waals surface area (Å²) in [6.07, 6.45) is 3.58. The van der Waals surface area contributed by atoms with Gasteiger partial charge < -0.3 is 15.0 Å².